The van der Waals surface area contributed by atoms with Crippen LogP contribution in [0.3, 0.4) is 0 Å². The number of halogens is 1. The van der Waals surface area contributed by atoms with Crippen molar-refractivity contribution in [2.45, 2.75) is 25.9 Å². The summed E-state index contributed by atoms with van der Waals surface area (Å²) in [6.07, 6.45) is 1.69. The summed E-state index contributed by atoms with van der Waals surface area (Å²) in [5.74, 6) is 2.43. The van der Waals surface area contributed by atoms with E-state index in [1.165, 1.54) is 11.3 Å². The van der Waals surface area contributed by atoms with E-state index < -0.39 is 0 Å². The van der Waals surface area contributed by atoms with E-state index in [1.807, 2.05) is 28.8 Å². The van der Waals surface area contributed by atoms with E-state index in [4.69, 9.17) is 9.47 Å². The summed E-state index contributed by atoms with van der Waals surface area (Å²) in [5.41, 5.74) is 0. The van der Waals surface area contributed by atoms with E-state index in [-0.39, 0.29) is 18.5 Å². The van der Waals surface area contributed by atoms with Crippen LogP contribution >= 0.6 is 23.7 Å². The Bertz CT molecular complexity index is 788. The van der Waals surface area contributed by atoms with Crippen LogP contribution in [0.1, 0.15) is 30.3 Å². The van der Waals surface area contributed by atoms with Crippen LogP contribution in [0.5, 0.6) is 11.5 Å². The highest BCUT2D eigenvalue weighted by atomic mass is 35.5. The lowest BCUT2D eigenvalue weighted by Gasteiger charge is -2.24. The third kappa shape index (κ3) is 2.50. The minimum Gasteiger partial charge on any atom is -0.485 e. The van der Waals surface area contributed by atoms with Crippen molar-refractivity contribution in [1.82, 2.24) is 19.8 Å². The van der Waals surface area contributed by atoms with E-state index in [2.05, 4.69) is 22.2 Å². The number of hydrogen-bond acceptors (Lipinski definition) is 6. The number of aromatic nitrogens is 4. The molecule has 1 aliphatic rings. The van der Waals surface area contributed by atoms with Gasteiger partial charge in [-0.2, -0.15) is 9.61 Å². The summed E-state index contributed by atoms with van der Waals surface area (Å²) in [6, 6.07) is 7.68. The van der Waals surface area contributed by atoms with Crippen molar-refractivity contribution in [1.29, 1.82) is 0 Å². The molecule has 0 N–H and O–H groups in total. The summed E-state index contributed by atoms with van der Waals surface area (Å²) < 4.78 is 13.5. The van der Waals surface area contributed by atoms with Crippen LogP contribution < -0.4 is 9.47 Å². The number of aryl methyl sites for hydroxylation is 1. The molecule has 1 unspecified atom stereocenters. The lowest BCUT2D eigenvalue weighted by molar-refractivity contribution is 0.0904. The Hall–Kier alpha value is -1.86. The third-order valence-electron chi connectivity index (χ3n) is 3.33. The third-order valence-corrected chi connectivity index (χ3v) is 4.32. The molecule has 0 aliphatic carbocycles. The fourth-order valence-corrected chi connectivity index (χ4v) is 3.19. The molecule has 1 aliphatic heterocycles. The number of fused-ring (bicyclic) bond motifs is 2. The van der Waals surface area contributed by atoms with Gasteiger partial charge in [0.1, 0.15) is 6.61 Å². The Labute approximate surface area is 137 Å². The van der Waals surface area contributed by atoms with E-state index >= 15 is 0 Å². The van der Waals surface area contributed by atoms with Gasteiger partial charge >= 0.3 is 0 Å². The molecular weight excluding hydrogens is 324 g/mol. The fourth-order valence-electron chi connectivity index (χ4n) is 2.32. The summed E-state index contributed by atoms with van der Waals surface area (Å²) in [7, 11) is 0. The molecule has 0 fully saturated rings. The quantitative estimate of drug-likeness (QED) is 0.734. The number of nitrogens with zero attached hydrogens (tertiary/aromatic N) is 4. The largest absolute Gasteiger partial charge is 0.485 e. The number of rotatable bonds is 3. The average molecular weight is 339 g/mol. The second-order valence-corrected chi connectivity index (χ2v) is 5.85. The van der Waals surface area contributed by atoms with E-state index in [1.54, 1.807) is 0 Å². The molecule has 0 saturated heterocycles. The summed E-state index contributed by atoms with van der Waals surface area (Å²) in [4.78, 5) is 0.802. The van der Waals surface area contributed by atoms with Crippen molar-refractivity contribution in [2.75, 3.05) is 6.61 Å². The van der Waals surface area contributed by atoms with E-state index in [0.29, 0.717) is 6.61 Å². The maximum Gasteiger partial charge on any atom is 0.234 e. The zero-order valence-corrected chi connectivity index (χ0v) is 13.6. The minimum atomic E-state index is -0.193. The molecule has 0 amide bonds. The molecule has 0 bridgehead atoms. The smallest absolute Gasteiger partial charge is 0.234 e. The first kappa shape index (κ1) is 15.1. The molecule has 116 valence electrons. The van der Waals surface area contributed by atoms with Gasteiger partial charge in [0.25, 0.3) is 0 Å². The molecule has 6 nitrogen and oxygen atoms in total. The topological polar surface area (TPSA) is 61.5 Å². The van der Waals surface area contributed by atoms with Crippen molar-refractivity contribution >= 4 is 28.7 Å². The Balaban J connectivity index is 0.00000144. The Morgan fingerprint density at radius 3 is 2.91 bits per heavy atom. The Kier molecular flexibility index (Phi) is 4.17. The first-order valence-corrected chi connectivity index (χ1v) is 7.76. The second-order valence-electron chi connectivity index (χ2n) is 4.87. The van der Waals surface area contributed by atoms with Crippen molar-refractivity contribution in [3.63, 3.8) is 0 Å². The number of para-hydroxylation sites is 2. The molecule has 1 atom stereocenters. The molecule has 1 aromatic carbocycles. The van der Waals surface area contributed by atoms with Crippen molar-refractivity contribution in [2.24, 2.45) is 0 Å². The highest BCUT2D eigenvalue weighted by Gasteiger charge is 2.26. The molecule has 3 heterocycles. The van der Waals surface area contributed by atoms with Gasteiger partial charge in [-0.1, -0.05) is 30.4 Å². The molecular formula is C14H15ClN4O2S. The predicted molar refractivity (Wildman–Crippen MR) is 85.2 cm³/mol. The highest BCUT2D eigenvalue weighted by molar-refractivity contribution is 7.16. The molecule has 22 heavy (non-hydrogen) atoms. The number of ether oxygens (including phenoxy) is 2. The van der Waals surface area contributed by atoms with Gasteiger partial charge in [0, 0.05) is 6.42 Å². The number of hydrogen-bond donors (Lipinski definition) is 0. The SMILES string of the molecule is CCCc1nnc2sc(C3COc4ccccc4O3)nn12.Cl. The summed E-state index contributed by atoms with van der Waals surface area (Å²) in [5, 5.41) is 13.8. The lowest BCUT2D eigenvalue weighted by atomic mass is 10.3. The van der Waals surface area contributed by atoms with Crippen LogP contribution in [-0.2, 0) is 6.42 Å². The molecule has 0 saturated carbocycles. The lowest BCUT2D eigenvalue weighted by Crippen LogP contribution is -2.21. The zero-order valence-electron chi connectivity index (χ0n) is 11.9. The molecule has 0 radical (unpaired) electrons. The molecule has 8 heteroatoms. The van der Waals surface area contributed by atoms with Gasteiger partial charge in [-0.05, 0) is 18.6 Å². The van der Waals surface area contributed by atoms with Gasteiger partial charge in [-0.3, -0.25) is 0 Å². The Morgan fingerprint density at radius 2 is 2.09 bits per heavy atom. The van der Waals surface area contributed by atoms with E-state index in [0.717, 1.165) is 40.1 Å². The first-order valence-electron chi connectivity index (χ1n) is 6.94. The summed E-state index contributed by atoms with van der Waals surface area (Å²) >= 11 is 1.50. The van der Waals surface area contributed by atoms with Crippen molar-refractivity contribution in [3.8, 4) is 11.5 Å². The van der Waals surface area contributed by atoms with Crippen molar-refractivity contribution < 1.29 is 9.47 Å². The maximum atomic E-state index is 5.98. The molecule has 0 spiro atoms. The Morgan fingerprint density at radius 1 is 1.27 bits per heavy atom. The molecule has 4 rings (SSSR count). The van der Waals surface area contributed by atoms with Crippen LogP contribution in [-0.4, -0.2) is 26.4 Å². The zero-order chi connectivity index (χ0) is 14.2. The van der Waals surface area contributed by atoms with Crippen LogP contribution in [0.15, 0.2) is 24.3 Å². The maximum absolute atomic E-state index is 5.98. The van der Waals surface area contributed by atoms with Gasteiger partial charge in [0.2, 0.25) is 4.96 Å². The highest BCUT2D eigenvalue weighted by Crippen LogP contribution is 2.36. The minimum absolute atomic E-state index is 0. The second kappa shape index (κ2) is 6.10. The fraction of sp³-hybridized carbons (Fsp3) is 0.357. The summed E-state index contributed by atoms with van der Waals surface area (Å²) in [6.45, 7) is 2.58. The standard InChI is InChI=1S/C14H14N4O2S.ClH/c1-2-5-12-15-16-14-18(12)17-13(21-14)11-8-19-9-6-3-4-7-10(9)20-11;/h3-4,6-7,11H,2,5,8H2,1H3;1H. The van der Waals surface area contributed by atoms with Crippen LogP contribution in [0.2, 0.25) is 0 Å². The van der Waals surface area contributed by atoms with Crippen molar-refractivity contribution in [3.05, 3.63) is 35.1 Å². The van der Waals surface area contributed by atoms with Gasteiger partial charge in [0.15, 0.2) is 28.4 Å². The predicted octanol–water partition coefficient (Wildman–Crippen LogP) is 3.07. The van der Waals surface area contributed by atoms with Gasteiger partial charge in [-0.15, -0.1) is 22.6 Å². The van der Waals surface area contributed by atoms with Gasteiger partial charge < -0.3 is 9.47 Å². The van der Waals surface area contributed by atoms with Gasteiger partial charge in [-0.25, -0.2) is 0 Å². The van der Waals surface area contributed by atoms with Crippen LogP contribution in [0.25, 0.3) is 4.96 Å². The van der Waals surface area contributed by atoms with Gasteiger partial charge in [0.05, 0.1) is 0 Å². The monoisotopic (exact) mass is 338 g/mol. The van der Waals surface area contributed by atoms with E-state index in [9.17, 15) is 0 Å². The molecule has 3 aromatic rings. The van der Waals surface area contributed by atoms with Crippen LogP contribution in [0, 0.1) is 0 Å². The first-order chi connectivity index (χ1) is 10.3. The number of benzene rings is 1. The average Bonchev–Trinajstić information content (AvgIpc) is 3.09. The normalized spacial score (nSPS) is 16.5. The van der Waals surface area contributed by atoms with Crippen LogP contribution in [0.4, 0.5) is 0 Å². The molecule has 2 aromatic heterocycles.